The number of hydrogen-bond acceptors (Lipinski definition) is 4. The summed E-state index contributed by atoms with van der Waals surface area (Å²) in [6.45, 7) is 7.70. The van der Waals surface area contributed by atoms with E-state index in [1.807, 2.05) is 12.1 Å². The Morgan fingerprint density at radius 2 is 1.50 bits per heavy atom. The molecule has 0 spiro atoms. The van der Waals surface area contributed by atoms with Crippen molar-refractivity contribution in [2.24, 2.45) is 10.8 Å². The van der Waals surface area contributed by atoms with E-state index in [0.29, 0.717) is 0 Å². The summed E-state index contributed by atoms with van der Waals surface area (Å²) in [5, 5.41) is 14.3. The smallest absolute Gasteiger partial charge is 0.254 e. The molecule has 0 unspecified atom stereocenters. The summed E-state index contributed by atoms with van der Waals surface area (Å²) in [7, 11) is 0. The predicted octanol–water partition coefficient (Wildman–Crippen LogP) is 2.70. The van der Waals surface area contributed by atoms with Crippen molar-refractivity contribution in [2.75, 3.05) is 26.2 Å². The number of fused-ring (bicyclic) bond motifs is 2. The van der Waals surface area contributed by atoms with Crippen LogP contribution in [0, 0.1) is 10.8 Å². The molecular formula is C23H25N3O2. The summed E-state index contributed by atoms with van der Waals surface area (Å²) in [4.78, 5) is 21.0. The number of aromatic nitrogens is 1. The number of nitrogens with one attached hydrogen (secondary N) is 1. The van der Waals surface area contributed by atoms with Crippen molar-refractivity contribution in [3.05, 3.63) is 58.4 Å². The molecule has 5 heterocycles. The van der Waals surface area contributed by atoms with Gasteiger partial charge in [-0.15, -0.1) is 0 Å². The van der Waals surface area contributed by atoms with Crippen molar-refractivity contribution in [1.29, 1.82) is 0 Å². The van der Waals surface area contributed by atoms with Crippen LogP contribution in [0.25, 0.3) is 21.7 Å². The topological polar surface area (TPSA) is 59.6 Å². The Kier molecular flexibility index (Phi) is 3.12. The zero-order chi connectivity index (χ0) is 19.3. The number of pyridine rings is 1. The van der Waals surface area contributed by atoms with Crippen molar-refractivity contribution in [2.45, 2.75) is 26.1 Å². The van der Waals surface area contributed by atoms with Gasteiger partial charge in [-0.2, -0.15) is 0 Å². The van der Waals surface area contributed by atoms with Gasteiger partial charge in [0.2, 0.25) is 0 Å². The van der Waals surface area contributed by atoms with Crippen LogP contribution in [-0.4, -0.2) is 52.2 Å². The van der Waals surface area contributed by atoms with Gasteiger partial charge in [-0.05, 0) is 34.4 Å². The average Bonchev–Trinajstić information content (AvgIpc) is 2.64. The molecule has 4 bridgehead atoms. The lowest BCUT2D eigenvalue weighted by atomic mass is 9.60. The predicted molar refractivity (Wildman–Crippen MR) is 110 cm³/mol. The fourth-order valence-electron chi connectivity index (χ4n) is 6.33. The van der Waals surface area contributed by atoms with Crippen LogP contribution in [0.5, 0.6) is 0 Å². The lowest BCUT2D eigenvalue weighted by molar-refractivity contribution is -0.254. The summed E-state index contributed by atoms with van der Waals surface area (Å²) in [5.74, 6) is 0. The number of benzene rings is 2. The second-order valence-corrected chi connectivity index (χ2v) is 9.73. The summed E-state index contributed by atoms with van der Waals surface area (Å²) in [6.07, 6.45) is -0.289. The van der Waals surface area contributed by atoms with E-state index in [-0.39, 0.29) is 28.7 Å². The van der Waals surface area contributed by atoms with Gasteiger partial charge in [-0.3, -0.25) is 14.6 Å². The maximum Gasteiger partial charge on any atom is 0.254 e. The van der Waals surface area contributed by atoms with Crippen LogP contribution < -0.4 is 5.56 Å². The first-order valence-electron chi connectivity index (χ1n) is 10.1. The van der Waals surface area contributed by atoms with Crippen LogP contribution in [0.1, 0.15) is 25.6 Å². The third-order valence-corrected chi connectivity index (χ3v) is 7.29. The van der Waals surface area contributed by atoms with Gasteiger partial charge in [-0.25, -0.2) is 0 Å². The quantitative estimate of drug-likeness (QED) is 0.642. The molecule has 4 fully saturated rings. The van der Waals surface area contributed by atoms with Crippen LogP contribution >= 0.6 is 0 Å². The number of hydrogen-bond donors (Lipinski definition) is 2. The molecule has 4 saturated heterocycles. The molecule has 4 aliphatic heterocycles. The zero-order valence-electron chi connectivity index (χ0n) is 16.3. The van der Waals surface area contributed by atoms with Crippen molar-refractivity contribution >= 4 is 21.7 Å². The number of aromatic amines is 1. The summed E-state index contributed by atoms with van der Waals surface area (Å²) >= 11 is 0. The third kappa shape index (κ3) is 2.10. The molecule has 1 aromatic heterocycles. The fraction of sp³-hybridized carbons (Fsp3) is 0.435. The average molecular weight is 375 g/mol. The molecule has 5 heteroatoms. The Morgan fingerprint density at radius 1 is 0.929 bits per heavy atom. The Labute approximate surface area is 163 Å². The fourth-order valence-corrected chi connectivity index (χ4v) is 6.33. The van der Waals surface area contributed by atoms with Gasteiger partial charge in [0, 0.05) is 48.1 Å². The van der Waals surface area contributed by atoms with Crippen LogP contribution in [0.3, 0.4) is 0 Å². The molecule has 0 aliphatic carbocycles. The minimum absolute atomic E-state index is 0.00360. The molecule has 0 saturated carbocycles. The maximum atomic E-state index is 13.1. The van der Waals surface area contributed by atoms with Crippen LogP contribution in [0.4, 0.5) is 0 Å². The van der Waals surface area contributed by atoms with Gasteiger partial charge < -0.3 is 10.1 Å². The van der Waals surface area contributed by atoms with E-state index in [1.54, 1.807) is 0 Å². The standard InChI is InChI=1S/C23H25N3O2/c1-22-10-25-12-23(2,21(22)28)13-26(11-22)20(25)17-8-16-7-14-5-3-4-6-15(14)9-18(16)24-19(17)27/h3-9,20-21,28H,10-13H2,1-2H3,(H,24,27). The number of piperidine rings is 2. The highest BCUT2D eigenvalue weighted by atomic mass is 16.3. The Bertz CT molecular complexity index is 1150. The van der Waals surface area contributed by atoms with Crippen molar-refractivity contribution in [1.82, 2.24) is 14.8 Å². The molecule has 0 radical (unpaired) electrons. The second-order valence-electron chi connectivity index (χ2n) is 9.73. The molecule has 7 rings (SSSR count). The Hall–Kier alpha value is -2.21. The minimum Gasteiger partial charge on any atom is -0.392 e. The maximum absolute atomic E-state index is 13.1. The number of H-pyrrole nitrogens is 1. The van der Waals surface area contributed by atoms with E-state index in [1.165, 1.54) is 5.39 Å². The van der Waals surface area contributed by atoms with Gasteiger partial charge in [0.25, 0.3) is 5.56 Å². The van der Waals surface area contributed by atoms with Gasteiger partial charge in [0.15, 0.2) is 0 Å². The van der Waals surface area contributed by atoms with E-state index in [9.17, 15) is 9.90 Å². The number of rotatable bonds is 1. The number of nitrogens with zero attached hydrogens (tertiary/aromatic N) is 2. The first-order valence-corrected chi connectivity index (χ1v) is 10.1. The highest BCUT2D eigenvalue weighted by Gasteiger charge is 2.62. The Morgan fingerprint density at radius 3 is 2.11 bits per heavy atom. The third-order valence-electron chi connectivity index (χ3n) is 7.29. The van der Waals surface area contributed by atoms with Crippen molar-refractivity contribution in [3.63, 3.8) is 0 Å². The monoisotopic (exact) mass is 375 g/mol. The van der Waals surface area contributed by atoms with Gasteiger partial charge in [0.05, 0.1) is 12.3 Å². The van der Waals surface area contributed by atoms with Crippen LogP contribution in [0.15, 0.2) is 47.3 Å². The largest absolute Gasteiger partial charge is 0.392 e. The highest BCUT2D eigenvalue weighted by molar-refractivity contribution is 5.96. The van der Waals surface area contributed by atoms with E-state index in [4.69, 9.17) is 0 Å². The molecule has 0 amide bonds. The van der Waals surface area contributed by atoms with E-state index in [2.05, 4.69) is 59.0 Å². The number of aliphatic hydroxyl groups excluding tert-OH is 1. The summed E-state index contributed by atoms with van der Waals surface area (Å²) in [6, 6.07) is 14.5. The first-order chi connectivity index (χ1) is 13.4. The highest BCUT2D eigenvalue weighted by Crippen LogP contribution is 2.53. The normalized spacial score (nSPS) is 39.1. The molecule has 3 aromatic rings. The first kappa shape index (κ1) is 16.7. The molecule has 0 atom stereocenters. The molecule has 2 N–H and O–H groups in total. The molecule has 2 aromatic carbocycles. The van der Waals surface area contributed by atoms with E-state index >= 15 is 0 Å². The number of aliphatic hydroxyl groups is 1. The van der Waals surface area contributed by atoms with Gasteiger partial charge in [-0.1, -0.05) is 38.1 Å². The molecule has 5 nitrogen and oxygen atoms in total. The lowest BCUT2D eigenvalue weighted by Gasteiger charge is -2.68. The van der Waals surface area contributed by atoms with Gasteiger partial charge >= 0.3 is 0 Å². The summed E-state index contributed by atoms with van der Waals surface area (Å²) in [5.41, 5.74) is 1.46. The molecule has 144 valence electrons. The SMILES string of the molecule is CC12CN3CC(C)(CN(C1)C3c1cc3cc4ccccc4cc3[nH]c1=O)C2O. The molecule has 28 heavy (non-hydrogen) atoms. The van der Waals surface area contributed by atoms with Gasteiger partial charge in [0.1, 0.15) is 0 Å². The van der Waals surface area contributed by atoms with E-state index in [0.717, 1.165) is 48.0 Å². The molecule has 4 aliphatic rings. The minimum atomic E-state index is -0.283. The van der Waals surface area contributed by atoms with Crippen molar-refractivity contribution < 1.29 is 5.11 Å². The van der Waals surface area contributed by atoms with Crippen molar-refractivity contribution in [3.8, 4) is 0 Å². The summed E-state index contributed by atoms with van der Waals surface area (Å²) < 4.78 is 0. The van der Waals surface area contributed by atoms with Crippen LogP contribution in [-0.2, 0) is 0 Å². The Balaban J connectivity index is 1.49. The van der Waals surface area contributed by atoms with Crippen LogP contribution in [0.2, 0.25) is 0 Å². The van der Waals surface area contributed by atoms with E-state index < -0.39 is 0 Å². The molecular weight excluding hydrogens is 350 g/mol. The lowest BCUT2D eigenvalue weighted by Crippen LogP contribution is -2.77. The second kappa shape index (κ2) is 5.23. The zero-order valence-corrected chi connectivity index (χ0v) is 16.3.